The topological polar surface area (TPSA) is 68.6 Å². The first kappa shape index (κ1) is 19.9. The summed E-state index contributed by atoms with van der Waals surface area (Å²) in [5, 5.41) is 3.63. The predicted molar refractivity (Wildman–Crippen MR) is 106 cm³/mol. The monoisotopic (exact) mass is 390 g/mol. The molecule has 28 heavy (non-hydrogen) atoms. The molecule has 0 bridgehead atoms. The lowest BCUT2D eigenvalue weighted by Crippen LogP contribution is -2.60. The van der Waals surface area contributed by atoms with Crippen LogP contribution in [0, 0.1) is 5.92 Å². The molecule has 2 saturated heterocycles. The Hall–Kier alpha value is -1.44. The van der Waals surface area contributed by atoms with Crippen LogP contribution < -0.4 is 5.32 Å². The van der Waals surface area contributed by atoms with E-state index in [1.54, 1.807) is 7.11 Å². The Morgan fingerprint density at radius 1 is 1.32 bits per heavy atom. The maximum absolute atomic E-state index is 12.0. The number of methoxy groups -OCH3 is 1. The Morgan fingerprint density at radius 3 is 2.82 bits per heavy atom. The maximum Gasteiger partial charge on any atom is 0.310 e. The van der Waals surface area contributed by atoms with E-state index in [4.69, 9.17) is 9.47 Å². The fourth-order valence-corrected chi connectivity index (χ4v) is 5.38. The Labute approximate surface area is 167 Å². The first-order chi connectivity index (χ1) is 13.6. The van der Waals surface area contributed by atoms with Crippen LogP contribution in [0.25, 0.3) is 0 Å². The van der Waals surface area contributed by atoms with Crippen molar-refractivity contribution in [1.82, 2.24) is 19.8 Å². The van der Waals surface area contributed by atoms with Gasteiger partial charge in [-0.25, -0.2) is 4.98 Å². The minimum Gasteiger partial charge on any atom is -0.466 e. The standard InChI is InChI=1S/C21H34N4O3/c1-3-28-20(26)17-12-21(23-15-17)13-18(14-21)24-7-4-16(5-8-24)19-22-6-9-25(19)10-11-27-2/h6,9,16-18,23H,3-5,7-8,10-15H2,1-2H3. The molecule has 1 aromatic rings. The molecule has 7 nitrogen and oxygen atoms in total. The van der Waals surface area contributed by atoms with Crippen LogP contribution in [0.4, 0.5) is 0 Å². The van der Waals surface area contributed by atoms with Crippen molar-refractivity contribution in [2.75, 3.05) is 40.0 Å². The molecule has 1 N–H and O–H groups in total. The van der Waals surface area contributed by atoms with Gasteiger partial charge in [-0.2, -0.15) is 0 Å². The SMILES string of the molecule is CCOC(=O)C1CNC2(C1)CC(N1CCC(c3nccn3CCOC)CC1)C2. The van der Waals surface area contributed by atoms with Crippen LogP contribution in [-0.4, -0.2) is 72.0 Å². The van der Waals surface area contributed by atoms with E-state index >= 15 is 0 Å². The summed E-state index contributed by atoms with van der Waals surface area (Å²) in [6.07, 6.45) is 9.60. The van der Waals surface area contributed by atoms with E-state index in [0.29, 0.717) is 18.6 Å². The second-order valence-corrected chi connectivity index (χ2v) is 8.66. The fourth-order valence-electron chi connectivity index (χ4n) is 5.38. The zero-order valence-corrected chi connectivity index (χ0v) is 17.2. The Bertz CT molecular complexity index is 662. The van der Waals surface area contributed by atoms with E-state index in [9.17, 15) is 4.79 Å². The van der Waals surface area contributed by atoms with E-state index in [0.717, 1.165) is 52.0 Å². The highest BCUT2D eigenvalue weighted by molar-refractivity contribution is 5.73. The molecule has 4 rings (SSSR count). The minimum absolute atomic E-state index is 0.0277. The summed E-state index contributed by atoms with van der Waals surface area (Å²) in [6, 6.07) is 0.655. The van der Waals surface area contributed by atoms with Gasteiger partial charge in [0.05, 0.1) is 19.1 Å². The molecule has 1 atom stereocenters. The number of carbonyl (C=O) groups excluding carboxylic acids is 1. The second kappa shape index (κ2) is 8.51. The molecule has 0 amide bonds. The van der Waals surface area contributed by atoms with Gasteiger partial charge in [0, 0.05) is 50.1 Å². The molecule has 1 saturated carbocycles. The third-order valence-electron chi connectivity index (χ3n) is 6.93. The van der Waals surface area contributed by atoms with Gasteiger partial charge in [-0.15, -0.1) is 0 Å². The molecule has 3 heterocycles. The molecule has 156 valence electrons. The molecule has 3 aliphatic rings. The molecule has 1 aliphatic carbocycles. The molecule has 1 aromatic heterocycles. The highest BCUT2D eigenvalue weighted by Gasteiger charge is 2.52. The van der Waals surface area contributed by atoms with E-state index in [-0.39, 0.29) is 17.4 Å². The second-order valence-electron chi connectivity index (χ2n) is 8.66. The summed E-state index contributed by atoms with van der Waals surface area (Å²) in [7, 11) is 1.74. The van der Waals surface area contributed by atoms with Gasteiger partial charge in [-0.05, 0) is 52.1 Å². The number of hydrogen-bond acceptors (Lipinski definition) is 6. The van der Waals surface area contributed by atoms with Crippen LogP contribution in [-0.2, 0) is 20.8 Å². The Kier molecular flexibility index (Phi) is 6.04. The fraction of sp³-hybridized carbons (Fsp3) is 0.810. The van der Waals surface area contributed by atoms with Gasteiger partial charge in [-0.1, -0.05) is 0 Å². The number of nitrogens with one attached hydrogen (secondary N) is 1. The summed E-state index contributed by atoms with van der Waals surface area (Å²) in [4.78, 5) is 19.3. The normalized spacial score (nSPS) is 31.2. The maximum atomic E-state index is 12.0. The third-order valence-corrected chi connectivity index (χ3v) is 6.93. The van der Waals surface area contributed by atoms with E-state index in [2.05, 4.69) is 26.0 Å². The number of imidazole rings is 1. The number of carbonyl (C=O) groups is 1. The van der Waals surface area contributed by atoms with Crippen molar-refractivity contribution in [2.45, 2.75) is 63.1 Å². The van der Waals surface area contributed by atoms with Crippen LogP contribution in [0.1, 0.15) is 50.8 Å². The largest absolute Gasteiger partial charge is 0.466 e. The van der Waals surface area contributed by atoms with Crippen LogP contribution in [0.15, 0.2) is 12.4 Å². The molecule has 7 heteroatoms. The Balaban J connectivity index is 1.24. The van der Waals surface area contributed by atoms with E-state index in [1.165, 1.54) is 18.7 Å². The van der Waals surface area contributed by atoms with Crippen molar-refractivity contribution >= 4 is 5.97 Å². The quantitative estimate of drug-likeness (QED) is 0.716. The number of aromatic nitrogens is 2. The molecular formula is C21H34N4O3. The average Bonchev–Trinajstić information content (AvgIpc) is 3.33. The summed E-state index contributed by atoms with van der Waals surface area (Å²) in [5.74, 6) is 1.78. The zero-order valence-electron chi connectivity index (χ0n) is 17.2. The number of ether oxygens (including phenoxy) is 2. The van der Waals surface area contributed by atoms with Crippen LogP contribution in [0.2, 0.25) is 0 Å². The molecular weight excluding hydrogens is 356 g/mol. The van der Waals surface area contributed by atoms with Crippen LogP contribution in [0.3, 0.4) is 0 Å². The first-order valence-electron chi connectivity index (χ1n) is 10.8. The summed E-state index contributed by atoms with van der Waals surface area (Å²) >= 11 is 0. The summed E-state index contributed by atoms with van der Waals surface area (Å²) in [6.45, 7) is 7.02. The Morgan fingerprint density at radius 2 is 2.11 bits per heavy atom. The minimum atomic E-state index is -0.0277. The van der Waals surface area contributed by atoms with E-state index in [1.807, 2.05) is 13.1 Å². The van der Waals surface area contributed by atoms with Crippen LogP contribution in [0.5, 0.6) is 0 Å². The molecule has 3 fully saturated rings. The number of esters is 1. The lowest BCUT2D eigenvalue weighted by atomic mass is 9.69. The van der Waals surface area contributed by atoms with Gasteiger partial charge in [0.1, 0.15) is 5.82 Å². The molecule has 1 spiro atoms. The van der Waals surface area contributed by atoms with Gasteiger partial charge in [0.25, 0.3) is 0 Å². The first-order valence-corrected chi connectivity index (χ1v) is 10.8. The summed E-state index contributed by atoms with van der Waals surface area (Å²) < 4.78 is 12.7. The highest BCUT2D eigenvalue weighted by atomic mass is 16.5. The molecule has 0 aromatic carbocycles. The van der Waals surface area contributed by atoms with Crippen molar-refractivity contribution in [2.24, 2.45) is 5.92 Å². The van der Waals surface area contributed by atoms with Crippen molar-refractivity contribution in [3.63, 3.8) is 0 Å². The molecule has 1 unspecified atom stereocenters. The van der Waals surface area contributed by atoms with E-state index < -0.39 is 0 Å². The number of hydrogen-bond donors (Lipinski definition) is 1. The van der Waals surface area contributed by atoms with Crippen molar-refractivity contribution in [1.29, 1.82) is 0 Å². The third kappa shape index (κ3) is 3.98. The van der Waals surface area contributed by atoms with Gasteiger partial charge in [0.2, 0.25) is 0 Å². The number of nitrogens with zero attached hydrogens (tertiary/aromatic N) is 3. The summed E-state index contributed by atoms with van der Waals surface area (Å²) in [5.41, 5.74) is 0.176. The highest BCUT2D eigenvalue weighted by Crippen LogP contribution is 2.45. The van der Waals surface area contributed by atoms with Crippen molar-refractivity contribution < 1.29 is 14.3 Å². The van der Waals surface area contributed by atoms with Gasteiger partial charge in [-0.3, -0.25) is 4.79 Å². The number of piperidine rings is 1. The molecule has 2 aliphatic heterocycles. The lowest BCUT2D eigenvalue weighted by molar-refractivity contribution is -0.147. The van der Waals surface area contributed by atoms with Gasteiger partial charge >= 0.3 is 5.97 Å². The number of rotatable bonds is 7. The van der Waals surface area contributed by atoms with Gasteiger partial charge in [0.15, 0.2) is 0 Å². The van der Waals surface area contributed by atoms with Crippen molar-refractivity contribution in [3.05, 3.63) is 18.2 Å². The zero-order chi connectivity index (χ0) is 19.6. The van der Waals surface area contributed by atoms with Crippen molar-refractivity contribution in [3.8, 4) is 0 Å². The molecule has 0 radical (unpaired) electrons. The number of likely N-dealkylation sites (tertiary alicyclic amines) is 1. The predicted octanol–water partition coefficient (Wildman–Crippen LogP) is 1.78. The van der Waals surface area contributed by atoms with Crippen LogP contribution >= 0.6 is 0 Å². The smallest absolute Gasteiger partial charge is 0.310 e. The lowest BCUT2D eigenvalue weighted by Gasteiger charge is -2.52. The average molecular weight is 391 g/mol. The van der Waals surface area contributed by atoms with Gasteiger partial charge < -0.3 is 24.3 Å².